The lowest BCUT2D eigenvalue weighted by Crippen LogP contribution is -2.33. The number of rotatable bonds is 6. The molecule has 1 aliphatic heterocycles. The van der Waals surface area contributed by atoms with Crippen LogP contribution in [-0.2, 0) is 19.4 Å². The molecule has 7 nitrogen and oxygen atoms in total. The molecule has 3 rings (SSSR count). The lowest BCUT2D eigenvalue weighted by molar-refractivity contribution is -0.119. The highest BCUT2D eigenvalue weighted by Crippen LogP contribution is 2.27. The van der Waals surface area contributed by atoms with Crippen LogP contribution in [0.5, 0.6) is 0 Å². The molecule has 2 aromatic carbocycles. The molecule has 0 aliphatic carbocycles. The molecule has 0 bridgehead atoms. The Morgan fingerprint density at radius 1 is 1.27 bits per heavy atom. The van der Waals surface area contributed by atoms with Crippen molar-refractivity contribution in [1.82, 2.24) is 5.32 Å². The summed E-state index contributed by atoms with van der Waals surface area (Å²) in [6.07, 6.45) is -0.730. The second-order valence-corrected chi connectivity index (χ2v) is 8.39. The molecule has 0 aromatic heterocycles. The minimum Gasteiger partial charge on any atom is -0.442 e. The monoisotopic (exact) mass is 436 g/mol. The van der Waals surface area contributed by atoms with Crippen LogP contribution in [0.25, 0.3) is 6.08 Å². The molecule has 0 saturated carbocycles. The standard InChI is InChI=1S/C20H18F2N2O5S/c1-13(25)23-11-16-12-24(20(26)29-16)15-8-7-14(18(21)10-15)9-19(22)30(27,28)17-5-3-2-4-6-17/h2-10,16H,11-12H2,1H3,(H,23,25)/t16-/m0/s1. The Bertz CT molecular complexity index is 1100. The third-order valence-electron chi connectivity index (χ3n) is 4.33. The van der Waals surface area contributed by atoms with Gasteiger partial charge in [0, 0.05) is 12.5 Å². The van der Waals surface area contributed by atoms with Gasteiger partial charge >= 0.3 is 6.09 Å². The second kappa shape index (κ2) is 8.62. The Kier molecular flexibility index (Phi) is 6.16. The topological polar surface area (TPSA) is 92.8 Å². The highest BCUT2D eigenvalue weighted by molar-refractivity contribution is 7.95. The van der Waals surface area contributed by atoms with Crippen molar-refractivity contribution in [2.75, 3.05) is 18.0 Å². The number of nitrogens with zero attached hydrogens (tertiary/aromatic N) is 1. The third kappa shape index (κ3) is 4.65. The number of hydrogen-bond donors (Lipinski definition) is 1. The van der Waals surface area contributed by atoms with Crippen molar-refractivity contribution < 1.29 is 31.5 Å². The molecule has 2 aromatic rings. The molecule has 0 unspecified atom stereocenters. The molecule has 2 amide bonds. The number of anilines is 1. The van der Waals surface area contributed by atoms with Crippen LogP contribution < -0.4 is 10.2 Å². The van der Waals surface area contributed by atoms with Crippen molar-refractivity contribution in [3.8, 4) is 0 Å². The van der Waals surface area contributed by atoms with Gasteiger partial charge < -0.3 is 10.1 Å². The van der Waals surface area contributed by atoms with Crippen LogP contribution in [-0.4, -0.2) is 39.6 Å². The van der Waals surface area contributed by atoms with Gasteiger partial charge in [-0.1, -0.05) is 18.2 Å². The lowest BCUT2D eigenvalue weighted by Gasteiger charge is -2.14. The normalized spacial score (nSPS) is 17.0. The van der Waals surface area contributed by atoms with Crippen molar-refractivity contribution in [3.05, 3.63) is 65.1 Å². The van der Waals surface area contributed by atoms with E-state index in [0.29, 0.717) is 6.08 Å². The van der Waals surface area contributed by atoms with E-state index in [4.69, 9.17) is 4.74 Å². The van der Waals surface area contributed by atoms with Crippen LogP contribution in [0.4, 0.5) is 19.3 Å². The fraction of sp³-hybridized carbons (Fsp3) is 0.200. The van der Waals surface area contributed by atoms with E-state index in [0.717, 1.165) is 6.07 Å². The summed E-state index contributed by atoms with van der Waals surface area (Å²) in [6.45, 7) is 1.53. The number of ether oxygens (including phenoxy) is 1. The minimum atomic E-state index is -4.40. The van der Waals surface area contributed by atoms with Crippen LogP contribution in [0.1, 0.15) is 12.5 Å². The predicted octanol–water partition coefficient (Wildman–Crippen LogP) is 3.03. The minimum absolute atomic E-state index is 0.0878. The number of halogens is 2. The largest absolute Gasteiger partial charge is 0.442 e. The van der Waals surface area contributed by atoms with E-state index in [9.17, 15) is 26.8 Å². The molecule has 30 heavy (non-hydrogen) atoms. The number of carbonyl (C=O) groups excluding carboxylic acids is 2. The van der Waals surface area contributed by atoms with Crippen molar-refractivity contribution in [3.63, 3.8) is 0 Å². The van der Waals surface area contributed by atoms with Gasteiger partial charge in [-0.3, -0.25) is 9.69 Å². The van der Waals surface area contributed by atoms with Crippen molar-refractivity contribution in [2.24, 2.45) is 0 Å². The van der Waals surface area contributed by atoms with Crippen LogP contribution in [0.2, 0.25) is 0 Å². The number of sulfone groups is 1. The quantitative estimate of drug-likeness (QED) is 0.752. The van der Waals surface area contributed by atoms with Gasteiger partial charge in [-0.15, -0.1) is 0 Å². The van der Waals surface area contributed by atoms with Crippen molar-refractivity contribution in [1.29, 1.82) is 0 Å². The van der Waals surface area contributed by atoms with Crippen LogP contribution in [0.15, 0.2) is 58.6 Å². The molecule has 1 saturated heterocycles. The van der Waals surface area contributed by atoms with Gasteiger partial charge in [-0.25, -0.2) is 17.6 Å². The highest BCUT2D eigenvalue weighted by Gasteiger charge is 2.32. The SMILES string of the molecule is CC(=O)NC[C@H]1CN(c2ccc(C=C(F)S(=O)(=O)c3ccccc3)c(F)c2)C(=O)O1. The molecule has 0 spiro atoms. The number of carbonyl (C=O) groups is 2. The summed E-state index contributed by atoms with van der Waals surface area (Å²) >= 11 is 0. The summed E-state index contributed by atoms with van der Waals surface area (Å²) in [5.41, 5.74) is -0.135. The third-order valence-corrected chi connectivity index (χ3v) is 5.85. The molecular formula is C20H18F2N2O5S. The molecule has 0 radical (unpaired) electrons. The van der Waals surface area contributed by atoms with E-state index in [-0.39, 0.29) is 35.1 Å². The van der Waals surface area contributed by atoms with Gasteiger partial charge in [0.2, 0.25) is 20.9 Å². The van der Waals surface area contributed by atoms with Gasteiger partial charge in [0.15, 0.2) is 0 Å². The summed E-state index contributed by atoms with van der Waals surface area (Å²) in [7, 11) is -4.40. The summed E-state index contributed by atoms with van der Waals surface area (Å²) in [6, 6.07) is 10.4. The van der Waals surface area contributed by atoms with Crippen molar-refractivity contribution >= 4 is 33.6 Å². The molecule has 10 heteroatoms. The lowest BCUT2D eigenvalue weighted by atomic mass is 10.1. The first-order chi connectivity index (χ1) is 14.2. The number of cyclic esters (lactones) is 1. The maximum absolute atomic E-state index is 14.5. The van der Waals surface area contributed by atoms with E-state index in [1.165, 1.54) is 48.2 Å². The van der Waals surface area contributed by atoms with E-state index in [1.807, 2.05) is 0 Å². The second-order valence-electron chi connectivity index (χ2n) is 6.52. The van der Waals surface area contributed by atoms with E-state index in [2.05, 4.69) is 5.32 Å². The van der Waals surface area contributed by atoms with Crippen molar-refractivity contribution in [2.45, 2.75) is 17.9 Å². The molecule has 1 aliphatic rings. The molecule has 1 fully saturated rings. The average Bonchev–Trinajstić information content (AvgIpc) is 3.09. The number of amides is 2. The fourth-order valence-corrected chi connectivity index (χ4v) is 3.83. The Hall–Kier alpha value is -3.27. The van der Waals surface area contributed by atoms with Crippen LogP contribution in [0, 0.1) is 5.82 Å². The molecule has 1 atom stereocenters. The maximum atomic E-state index is 14.5. The first-order valence-corrected chi connectivity index (χ1v) is 10.4. The first kappa shape index (κ1) is 21.4. The molecule has 1 N–H and O–H groups in total. The van der Waals surface area contributed by atoms with Gasteiger partial charge in [0.25, 0.3) is 0 Å². The van der Waals surface area contributed by atoms with Gasteiger partial charge in [0.05, 0.1) is 23.7 Å². The maximum Gasteiger partial charge on any atom is 0.414 e. The smallest absolute Gasteiger partial charge is 0.414 e. The molecule has 1 heterocycles. The first-order valence-electron chi connectivity index (χ1n) is 8.88. The Labute approximate surface area is 171 Å². The van der Waals surface area contributed by atoms with Gasteiger partial charge in [-0.2, -0.15) is 4.39 Å². The Morgan fingerprint density at radius 3 is 2.60 bits per heavy atom. The Morgan fingerprint density at radius 2 is 1.97 bits per heavy atom. The summed E-state index contributed by atoms with van der Waals surface area (Å²) < 4.78 is 58.5. The van der Waals surface area contributed by atoms with Gasteiger partial charge in [-0.05, 0) is 36.4 Å². The zero-order chi connectivity index (χ0) is 21.9. The predicted molar refractivity (Wildman–Crippen MR) is 105 cm³/mol. The summed E-state index contributed by atoms with van der Waals surface area (Å²) in [4.78, 5) is 23.9. The average molecular weight is 436 g/mol. The number of hydrogen-bond acceptors (Lipinski definition) is 5. The summed E-state index contributed by atoms with van der Waals surface area (Å²) in [5.74, 6) is -1.19. The molecular weight excluding hydrogens is 418 g/mol. The highest BCUT2D eigenvalue weighted by atomic mass is 32.2. The summed E-state index contributed by atoms with van der Waals surface area (Å²) in [5, 5.41) is 1.02. The zero-order valence-corrected chi connectivity index (χ0v) is 16.7. The van der Waals surface area contributed by atoms with E-state index >= 15 is 0 Å². The fourth-order valence-electron chi connectivity index (χ4n) is 2.81. The van der Waals surface area contributed by atoms with E-state index in [1.54, 1.807) is 6.07 Å². The van der Waals surface area contributed by atoms with E-state index < -0.39 is 33.0 Å². The van der Waals surface area contributed by atoms with Gasteiger partial charge in [0.1, 0.15) is 11.9 Å². The van der Waals surface area contributed by atoms with Crippen LogP contribution in [0.3, 0.4) is 0 Å². The molecule has 158 valence electrons. The Balaban J connectivity index is 1.80. The number of nitrogens with one attached hydrogen (secondary N) is 1. The van der Waals surface area contributed by atoms with Crippen LogP contribution >= 0.6 is 0 Å². The number of benzene rings is 2. The zero-order valence-electron chi connectivity index (χ0n) is 15.8.